The number of nitrogens with zero attached hydrogens (tertiary/aromatic N) is 5. The summed E-state index contributed by atoms with van der Waals surface area (Å²) in [6, 6.07) is 24.2. The van der Waals surface area contributed by atoms with Crippen molar-refractivity contribution in [2.24, 2.45) is 10.2 Å². The molecule has 42 heavy (non-hydrogen) atoms. The highest BCUT2D eigenvalue weighted by molar-refractivity contribution is 8.14. The number of benzene rings is 4. The fourth-order valence-electron chi connectivity index (χ4n) is 5.16. The summed E-state index contributed by atoms with van der Waals surface area (Å²) in [5.74, 6) is 1.15. The van der Waals surface area contributed by atoms with Crippen LogP contribution in [0.5, 0.6) is 5.75 Å². The van der Waals surface area contributed by atoms with Gasteiger partial charge in [-0.2, -0.15) is 5.10 Å². The molecule has 1 aliphatic heterocycles. The van der Waals surface area contributed by atoms with Gasteiger partial charge in [0, 0.05) is 29.1 Å². The van der Waals surface area contributed by atoms with Gasteiger partial charge in [0.25, 0.3) is 0 Å². The van der Waals surface area contributed by atoms with Crippen LogP contribution in [0.2, 0.25) is 0 Å². The summed E-state index contributed by atoms with van der Waals surface area (Å²) in [6.07, 6.45) is -0.207. The Labute approximate surface area is 245 Å². The van der Waals surface area contributed by atoms with E-state index >= 15 is 0 Å². The zero-order valence-electron chi connectivity index (χ0n) is 23.0. The third-order valence-corrected chi connectivity index (χ3v) is 8.15. The second kappa shape index (κ2) is 11.5. The number of thioether (sulfide) groups is 1. The van der Waals surface area contributed by atoms with Crippen molar-refractivity contribution in [1.82, 2.24) is 9.55 Å². The normalized spacial score (nSPS) is 15.5. The van der Waals surface area contributed by atoms with Crippen LogP contribution in [-0.2, 0) is 0 Å². The second-order valence-electron chi connectivity index (χ2n) is 10.3. The molecule has 6 rings (SSSR count). The molecule has 1 aromatic heterocycles. The Hall–Kier alpha value is -4.31. The number of amidine groups is 1. The van der Waals surface area contributed by atoms with Gasteiger partial charge in [0.1, 0.15) is 12.1 Å². The van der Waals surface area contributed by atoms with E-state index in [-0.39, 0.29) is 5.75 Å². The quantitative estimate of drug-likeness (QED) is 0.148. The summed E-state index contributed by atoms with van der Waals surface area (Å²) in [5, 5.41) is 11.9. The molecule has 0 aliphatic carbocycles. The van der Waals surface area contributed by atoms with Gasteiger partial charge in [0.15, 0.2) is 5.17 Å². The summed E-state index contributed by atoms with van der Waals surface area (Å²) in [5.41, 5.74) is 5.72. The molecule has 1 saturated heterocycles. The fourth-order valence-corrected chi connectivity index (χ4v) is 6.06. The predicted molar refractivity (Wildman–Crippen MR) is 165 cm³/mol. The molecule has 0 saturated carbocycles. The van der Waals surface area contributed by atoms with Gasteiger partial charge < -0.3 is 9.64 Å². The van der Waals surface area contributed by atoms with Crippen molar-refractivity contribution in [2.45, 2.75) is 32.5 Å². The highest BCUT2D eigenvalue weighted by Crippen LogP contribution is 2.32. The number of anilines is 1. The van der Waals surface area contributed by atoms with E-state index < -0.39 is 6.36 Å². The van der Waals surface area contributed by atoms with Gasteiger partial charge >= 0.3 is 6.36 Å². The highest BCUT2D eigenvalue weighted by atomic mass is 32.2. The zero-order chi connectivity index (χ0) is 29.3. The number of aromatic nitrogens is 2. The van der Waals surface area contributed by atoms with Gasteiger partial charge in [-0.1, -0.05) is 62.0 Å². The maximum Gasteiger partial charge on any atom is 0.573 e. The van der Waals surface area contributed by atoms with E-state index in [1.54, 1.807) is 36.4 Å². The predicted octanol–water partition coefficient (Wildman–Crippen LogP) is 8.53. The van der Waals surface area contributed by atoms with E-state index in [2.05, 4.69) is 62.9 Å². The minimum absolute atomic E-state index is 0.268. The molecule has 0 N–H and O–H groups in total. The van der Waals surface area contributed by atoms with E-state index in [0.717, 1.165) is 51.3 Å². The Bertz CT molecular complexity index is 1790. The molecular weight excluding hydrogens is 559 g/mol. The average molecular weight is 588 g/mol. The second-order valence-corrected chi connectivity index (χ2v) is 11.3. The number of imidazole rings is 1. The number of halogens is 3. The Morgan fingerprint density at radius 3 is 2.60 bits per heavy atom. The molecule has 6 nitrogen and oxygen atoms in total. The van der Waals surface area contributed by atoms with Crippen LogP contribution in [0.4, 0.5) is 18.9 Å². The number of hydrogen-bond donors (Lipinski definition) is 0. The van der Waals surface area contributed by atoms with Gasteiger partial charge in [0.05, 0.1) is 17.2 Å². The van der Waals surface area contributed by atoms with Crippen LogP contribution in [-0.4, -0.2) is 39.6 Å². The number of hydrogen-bond acceptors (Lipinski definition) is 5. The number of alkyl halides is 3. The monoisotopic (exact) mass is 587 g/mol. The van der Waals surface area contributed by atoms with Crippen molar-refractivity contribution in [3.8, 4) is 11.4 Å². The van der Waals surface area contributed by atoms with Crippen molar-refractivity contribution in [3.05, 3.63) is 96.3 Å². The van der Waals surface area contributed by atoms with Crippen LogP contribution >= 0.6 is 11.8 Å². The third-order valence-electron chi connectivity index (χ3n) is 7.09. The molecule has 10 heteroatoms. The summed E-state index contributed by atoms with van der Waals surface area (Å²) < 4.78 is 43.4. The number of ether oxygens (including phenoxy) is 1. The lowest BCUT2D eigenvalue weighted by Gasteiger charge is -2.31. The van der Waals surface area contributed by atoms with Crippen molar-refractivity contribution in [3.63, 3.8) is 0 Å². The third kappa shape index (κ3) is 5.85. The molecular formula is C32H28F3N5OS. The maximum atomic E-state index is 12.5. The van der Waals surface area contributed by atoms with Crippen LogP contribution in [0.3, 0.4) is 0 Å². The highest BCUT2D eigenvalue weighted by Gasteiger charge is 2.31. The minimum atomic E-state index is -4.73. The van der Waals surface area contributed by atoms with Crippen molar-refractivity contribution in [1.29, 1.82) is 0 Å². The lowest BCUT2D eigenvalue weighted by Crippen LogP contribution is -2.34. The van der Waals surface area contributed by atoms with E-state index in [4.69, 9.17) is 0 Å². The van der Waals surface area contributed by atoms with Gasteiger partial charge in [-0.15, -0.1) is 18.3 Å². The van der Waals surface area contributed by atoms with E-state index in [1.165, 1.54) is 23.4 Å². The molecule has 0 radical (unpaired) electrons. The lowest BCUT2D eigenvalue weighted by molar-refractivity contribution is -0.274. The Morgan fingerprint density at radius 1 is 1.00 bits per heavy atom. The zero-order valence-corrected chi connectivity index (χ0v) is 23.9. The summed E-state index contributed by atoms with van der Waals surface area (Å²) in [6.45, 7) is 5.32. The minimum Gasteiger partial charge on any atom is -0.406 e. The first-order chi connectivity index (χ1) is 20.3. The van der Waals surface area contributed by atoms with Crippen LogP contribution in [0.25, 0.3) is 27.5 Å². The van der Waals surface area contributed by atoms with E-state index in [9.17, 15) is 13.2 Å². The van der Waals surface area contributed by atoms with Crippen LogP contribution in [0.15, 0.2) is 95.4 Å². The van der Waals surface area contributed by atoms with E-state index in [1.807, 2.05) is 34.9 Å². The number of rotatable bonds is 6. The van der Waals surface area contributed by atoms with Crippen LogP contribution in [0.1, 0.15) is 37.3 Å². The Balaban J connectivity index is 1.25. The fraction of sp³-hybridized carbons (Fsp3) is 0.219. The molecule has 1 fully saturated rings. The molecule has 0 atom stereocenters. The van der Waals surface area contributed by atoms with Gasteiger partial charge in [0.2, 0.25) is 0 Å². The maximum absolute atomic E-state index is 12.5. The molecule has 4 aromatic carbocycles. The summed E-state index contributed by atoms with van der Waals surface area (Å²) in [4.78, 5) is 6.87. The van der Waals surface area contributed by atoms with Crippen molar-refractivity contribution < 1.29 is 17.9 Å². The smallest absolute Gasteiger partial charge is 0.406 e. The first kappa shape index (κ1) is 27.8. The number of fused-ring (bicyclic) bond motifs is 3. The van der Waals surface area contributed by atoms with Gasteiger partial charge in [-0.05, 0) is 71.3 Å². The van der Waals surface area contributed by atoms with Gasteiger partial charge in [-0.3, -0.25) is 4.57 Å². The largest absolute Gasteiger partial charge is 0.573 e. The Kier molecular flexibility index (Phi) is 7.64. The van der Waals surface area contributed by atoms with Crippen LogP contribution < -0.4 is 9.64 Å². The molecule has 0 bridgehead atoms. The topological polar surface area (TPSA) is 55.0 Å². The van der Waals surface area contributed by atoms with Crippen molar-refractivity contribution in [2.75, 3.05) is 17.2 Å². The van der Waals surface area contributed by atoms with Gasteiger partial charge in [-0.25, -0.2) is 4.98 Å². The summed E-state index contributed by atoms with van der Waals surface area (Å²) >= 11 is 1.72. The standard InChI is InChI=1S/C32H28F3N5OS/c1-21(2)26-6-3-4-7-28(26)39-16-5-17-42-31(39)38-37-19-22-8-14-27-23(18-22)9-15-29-30(27)36-20-40(29)24-10-12-25(13-11-24)41-32(33,34)35/h3-4,6-15,18-21H,5,16-17H2,1-2H3/b37-19-,38-31+. The molecule has 5 aromatic rings. The average Bonchev–Trinajstić information content (AvgIpc) is 3.41. The van der Waals surface area contributed by atoms with Crippen LogP contribution in [0, 0.1) is 0 Å². The first-order valence-electron chi connectivity index (χ1n) is 13.6. The molecule has 0 spiro atoms. The molecule has 214 valence electrons. The summed E-state index contributed by atoms with van der Waals surface area (Å²) in [7, 11) is 0. The SMILES string of the molecule is CC(C)c1ccccc1N1CCCS/C1=N/N=C\c1ccc2c(ccc3c2ncn3-c2ccc(OC(F)(F)F)cc2)c1. The molecule has 0 amide bonds. The molecule has 2 heterocycles. The first-order valence-corrected chi connectivity index (χ1v) is 14.6. The van der Waals surface area contributed by atoms with E-state index in [0.29, 0.717) is 11.6 Å². The lowest BCUT2D eigenvalue weighted by atomic mass is 10.0. The number of para-hydroxylation sites is 1. The Morgan fingerprint density at radius 2 is 1.81 bits per heavy atom. The molecule has 0 unspecified atom stereocenters. The van der Waals surface area contributed by atoms with Crippen molar-refractivity contribution >= 4 is 50.6 Å². The molecule has 1 aliphatic rings.